The molecule has 1 aliphatic heterocycles. The lowest BCUT2D eigenvalue weighted by Gasteiger charge is -2.26. The molecule has 1 aromatic carbocycles. The van der Waals surface area contributed by atoms with Crippen LogP contribution in [0.15, 0.2) is 24.3 Å². The first-order chi connectivity index (χ1) is 11.6. The number of rotatable bonds is 5. The molecule has 128 valence electrons. The van der Waals surface area contributed by atoms with Crippen LogP contribution in [0.4, 0.5) is 5.13 Å². The van der Waals surface area contributed by atoms with E-state index in [1.807, 2.05) is 24.3 Å². The van der Waals surface area contributed by atoms with Crippen molar-refractivity contribution in [1.29, 1.82) is 0 Å². The summed E-state index contributed by atoms with van der Waals surface area (Å²) in [4.78, 5) is 12.3. The smallest absolute Gasteiger partial charge is 0.229 e. The second-order valence-corrected chi connectivity index (χ2v) is 7.16. The lowest BCUT2D eigenvalue weighted by Crippen LogP contribution is -2.40. The molecule has 0 spiro atoms. The maximum atomic E-state index is 12.3. The lowest BCUT2D eigenvalue weighted by molar-refractivity contribution is -0.120. The molecule has 1 saturated heterocycles. The molecule has 0 aliphatic carbocycles. The molecular weight excluding hydrogens is 324 g/mol. The highest BCUT2D eigenvalue weighted by Crippen LogP contribution is 2.23. The van der Waals surface area contributed by atoms with Crippen LogP contribution in [0, 0.1) is 5.92 Å². The van der Waals surface area contributed by atoms with Crippen LogP contribution >= 0.6 is 11.3 Å². The third-order valence-electron chi connectivity index (χ3n) is 4.18. The van der Waals surface area contributed by atoms with Crippen molar-refractivity contribution in [2.45, 2.75) is 32.2 Å². The molecule has 6 nitrogen and oxygen atoms in total. The molecule has 1 aliphatic rings. The minimum absolute atomic E-state index is 0.0481. The average Bonchev–Trinajstić information content (AvgIpc) is 3.02. The van der Waals surface area contributed by atoms with Crippen molar-refractivity contribution < 1.29 is 9.53 Å². The van der Waals surface area contributed by atoms with Crippen molar-refractivity contribution in [3.8, 4) is 5.75 Å². The van der Waals surface area contributed by atoms with Gasteiger partial charge >= 0.3 is 0 Å². The van der Waals surface area contributed by atoms with E-state index in [4.69, 9.17) is 4.74 Å². The van der Waals surface area contributed by atoms with E-state index in [1.54, 1.807) is 7.11 Å². The second-order valence-electron chi connectivity index (χ2n) is 6.09. The van der Waals surface area contributed by atoms with Gasteiger partial charge in [0.05, 0.1) is 7.11 Å². The van der Waals surface area contributed by atoms with Gasteiger partial charge in [-0.25, -0.2) is 0 Å². The van der Waals surface area contributed by atoms with Gasteiger partial charge in [-0.15, -0.1) is 10.2 Å². The quantitative estimate of drug-likeness (QED) is 0.870. The maximum absolute atomic E-state index is 12.3. The fraction of sp³-hybridized carbons (Fsp3) is 0.471. The predicted molar refractivity (Wildman–Crippen MR) is 94.5 cm³/mol. The highest BCUT2D eigenvalue weighted by atomic mass is 32.1. The highest BCUT2D eigenvalue weighted by molar-refractivity contribution is 7.15. The van der Waals surface area contributed by atoms with E-state index in [0.29, 0.717) is 17.6 Å². The fourth-order valence-electron chi connectivity index (χ4n) is 2.91. The van der Waals surface area contributed by atoms with Gasteiger partial charge in [-0.05, 0) is 44.0 Å². The topological polar surface area (TPSA) is 76.1 Å². The Morgan fingerprint density at radius 2 is 2.33 bits per heavy atom. The Morgan fingerprint density at radius 3 is 3.12 bits per heavy atom. The van der Waals surface area contributed by atoms with Crippen molar-refractivity contribution in [2.24, 2.45) is 5.92 Å². The third kappa shape index (κ3) is 4.30. The first-order valence-electron chi connectivity index (χ1n) is 8.13. The summed E-state index contributed by atoms with van der Waals surface area (Å²) in [7, 11) is 1.65. The van der Waals surface area contributed by atoms with E-state index in [9.17, 15) is 4.79 Å². The Hall–Kier alpha value is -1.99. The van der Waals surface area contributed by atoms with Gasteiger partial charge in [0.1, 0.15) is 10.8 Å². The lowest BCUT2D eigenvalue weighted by atomic mass is 9.93. The van der Waals surface area contributed by atoms with Gasteiger partial charge in [-0.3, -0.25) is 4.79 Å². The molecule has 2 atom stereocenters. The maximum Gasteiger partial charge on any atom is 0.229 e. The number of benzene rings is 1. The summed E-state index contributed by atoms with van der Waals surface area (Å²) in [6.45, 7) is 2.99. The van der Waals surface area contributed by atoms with Gasteiger partial charge < -0.3 is 15.4 Å². The zero-order valence-electron chi connectivity index (χ0n) is 13.9. The van der Waals surface area contributed by atoms with E-state index in [2.05, 4.69) is 27.8 Å². The minimum atomic E-state index is 0.0481. The molecule has 2 N–H and O–H groups in total. The van der Waals surface area contributed by atoms with Crippen LogP contribution in [-0.4, -0.2) is 35.8 Å². The molecule has 1 aromatic heterocycles. The Labute approximate surface area is 145 Å². The predicted octanol–water partition coefficient (Wildman–Crippen LogP) is 2.46. The molecule has 0 unspecified atom stereocenters. The molecule has 24 heavy (non-hydrogen) atoms. The first kappa shape index (κ1) is 16.9. The largest absolute Gasteiger partial charge is 0.497 e. The van der Waals surface area contributed by atoms with Gasteiger partial charge in [0.15, 0.2) is 0 Å². The van der Waals surface area contributed by atoms with Crippen molar-refractivity contribution in [3.05, 3.63) is 34.8 Å². The van der Waals surface area contributed by atoms with Gasteiger partial charge in [0, 0.05) is 18.4 Å². The normalized spacial score (nSPS) is 20.6. The molecule has 0 radical (unpaired) electrons. The monoisotopic (exact) mass is 346 g/mol. The number of aromatic nitrogens is 2. The molecular formula is C17H22N4O2S. The molecule has 2 heterocycles. The second kappa shape index (κ2) is 7.72. The molecule has 2 aromatic rings. The van der Waals surface area contributed by atoms with Crippen LogP contribution in [-0.2, 0) is 11.2 Å². The summed E-state index contributed by atoms with van der Waals surface area (Å²) in [6.07, 6.45) is 2.40. The molecule has 3 rings (SSSR count). The van der Waals surface area contributed by atoms with Gasteiger partial charge in [0.2, 0.25) is 11.0 Å². The van der Waals surface area contributed by atoms with Crippen LogP contribution in [0.1, 0.15) is 30.3 Å². The zero-order chi connectivity index (χ0) is 16.9. The Morgan fingerprint density at radius 1 is 1.46 bits per heavy atom. The number of carbonyl (C=O) groups is 1. The summed E-state index contributed by atoms with van der Waals surface area (Å²) in [6, 6.07) is 8.26. The number of nitrogens with zero attached hydrogens (tertiary/aromatic N) is 2. The SMILES string of the molecule is COc1cccc(Cc2nnc(NC(=O)[C@H]3CCN[C@@H](C)C3)s2)c1. The third-order valence-corrected chi connectivity index (χ3v) is 5.02. The number of carbonyl (C=O) groups excluding carboxylic acids is 1. The van der Waals surface area contributed by atoms with Crippen molar-refractivity contribution in [2.75, 3.05) is 19.0 Å². The number of amides is 1. The van der Waals surface area contributed by atoms with Crippen LogP contribution in [0.2, 0.25) is 0 Å². The van der Waals surface area contributed by atoms with Crippen LogP contribution < -0.4 is 15.4 Å². The molecule has 7 heteroatoms. The zero-order valence-corrected chi connectivity index (χ0v) is 14.7. The van der Waals surface area contributed by atoms with Gasteiger partial charge in [0.25, 0.3) is 0 Å². The minimum Gasteiger partial charge on any atom is -0.497 e. The van der Waals surface area contributed by atoms with E-state index < -0.39 is 0 Å². The average molecular weight is 346 g/mol. The highest BCUT2D eigenvalue weighted by Gasteiger charge is 2.25. The van der Waals surface area contributed by atoms with Gasteiger partial charge in [-0.2, -0.15) is 0 Å². The fourth-order valence-corrected chi connectivity index (χ4v) is 3.69. The summed E-state index contributed by atoms with van der Waals surface area (Å²) >= 11 is 1.42. The summed E-state index contributed by atoms with van der Waals surface area (Å²) < 4.78 is 5.23. The van der Waals surface area contributed by atoms with Crippen LogP contribution in [0.25, 0.3) is 0 Å². The first-order valence-corrected chi connectivity index (χ1v) is 8.95. The van der Waals surface area contributed by atoms with E-state index >= 15 is 0 Å². The number of anilines is 1. The molecule has 0 bridgehead atoms. The Balaban J connectivity index is 1.59. The number of methoxy groups -OCH3 is 1. The van der Waals surface area contributed by atoms with Crippen molar-refractivity contribution in [3.63, 3.8) is 0 Å². The van der Waals surface area contributed by atoms with Crippen LogP contribution in [0.3, 0.4) is 0 Å². The van der Waals surface area contributed by atoms with E-state index in [0.717, 1.165) is 35.7 Å². The number of hydrogen-bond donors (Lipinski definition) is 2. The number of ether oxygens (including phenoxy) is 1. The van der Waals surface area contributed by atoms with Crippen molar-refractivity contribution in [1.82, 2.24) is 15.5 Å². The standard InChI is InChI=1S/C17H22N4O2S/c1-11-8-13(6-7-18-11)16(22)19-17-21-20-15(24-17)10-12-4-3-5-14(9-12)23-2/h3-5,9,11,13,18H,6-8,10H2,1-2H3,(H,19,21,22)/t11-,13-/m0/s1. The Kier molecular flexibility index (Phi) is 5.42. The van der Waals surface area contributed by atoms with Gasteiger partial charge in [-0.1, -0.05) is 23.5 Å². The number of hydrogen-bond acceptors (Lipinski definition) is 6. The Bertz CT molecular complexity index is 703. The van der Waals surface area contributed by atoms with E-state index in [-0.39, 0.29) is 11.8 Å². The van der Waals surface area contributed by atoms with Crippen molar-refractivity contribution >= 4 is 22.4 Å². The summed E-state index contributed by atoms with van der Waals surface area (Å²) in [5.41, 5.74) is 1.11. The van der Waals surface area contributed by atoms with E-state index in [1.165, 1.54) is 11.3 Å². The number of nitrogens with one attached hydrogen (secondary N) is 2. The van der Waals surface area contributed by atoms with Crippen LogP contribution in [0.5, 0.6) is 5.75 Å². The number of piperidine rings is 1. The molecule has 1 amide bonds. The molecule has 1 fully saturated rings. The molecule has 0 saturated carbocycles. The summed E-state index contributed by atoms with van der Waals surface area (Å²) in [5, 5.41) is 16.0. The summed E-state index contributed by atoms with van der Waals surface area (Å²) in [5.74, 6) is 0.921.